The molecule has 5 nitrogen and oxygen atoms in total. The molecule has 0 aliphatic carbocycles. The standard InChI is InChI=1S/C25H25F3N2O3/c1-3-32-13-14-33-22-11-8-18(9-12-22)24(31)30-23-16-21(10-7-17(23)2)29-20-6-4-5-19(15-20)25(26,27)28/h4-12,15-16,29H,3,13-14H2,1-2H3,(H,30,31). The van der Waals surface area contributed by atoms with Crippen molar-refractivity contribution in [2.24, 2.45) is 0 Å². The fourth-order valence-corrected chi connectivity index (χ4v) is 3.03. The predicted molar refractivity (Wildman–Crippen MR) is 122 cm³/mol. The number of halogens is 3. The molecule has 8 heteroatoms. The molecule has 3 rings (SSSR count). The Balaban J connectivity index is 1.67. The van der Waals surface area contributed by atoms with Crippen LogP contribution in [-0.4, -0.2) is 25.7 Å². The van der Waals surface area contributed by atoms with Crippen molar-refractivity contribution in [3.63, 3.8) is 0 Å². The number of aryl methyl sites for hydroxylation is 1. The maximum absolute atomic E-state index is 13.0. The summed E-state index contributed by atoms with van der Waals surface area (Å²) in [5.74, 6) is 0.324. The van der Waals surface area contributed by atoms with Gasteiger partial charge in [-0.3, -0.25) is 4.79 Å². The van der Waals surface area contributed by atoms with E-state index in [1.807, 2.05) is 13.8 Å². The smallest absolute Gasteiger partial charge is 0.416 e. The van der Waals surface area contributed by atoms with E-state index in [4.69, 9.17) is 9.47 Å². The quantitative estimate of drug-likeness (QED) is 0.363. The minimum Gasteiger partial charge on any atom is -0.491 e. The van der Waals surface area contributed by atoms with Crippen LogP contribution >= 0.6 is 0 Å². The molecule has 33 heavy (non-hydrogen) atoms. The van der Waals surface area contributed by atoms with Gasteiger partial charge in [-0.1, -0.05) is 12.1 Å². The predicted octanol–water partition coefficient (Wildman–Crippen LogP) is 6.43. The third-order valence-electron chi connectivity index (χ3n) is 4.78. The van der Waals surface area contributed by atoms with E-state index >= 15 is 0 Å². The molecule has 0 unspecified atom stereocenters. The van der Waals surface area contributed by atoms with Gasteiger partial charge in [0.1, 0.15) is 12.4 Å². The molecule has 1 amide bonds. The van der Waals surface area contributed by atoms with E-state index < -0.39 is 11.7 Å². The summed E-state index contributed by atoms with van der Waals surface area (Å²) >= 11 is 0. The Morgan fingerprint density at radius 1 is 0.939 bits per heavy atom. The van der Waals surface area contributed by atoms with Gasteiger partial charge < -0.3 is 20.1 Å². The first-order chi connectivity index (χ1) is 15.8. The third-order valence-corrected chi connectivity index (χ3v) is 4.78. The average Bonchev–Trinajstić information content (AvgIpc) is 2.79. The fourth-order valence-electron chi connectivity index (χ4n) is 3.03. The maximum atomic E-state index is 13.0. The van der Waals surface area contributed by atoms with Crippen LogP contribution in [0.15, 0.2) is 66.7 Å². The lowest BCUT2D eigenvalue weighted by molar-refractivity contribution is -0.137. The van der Waals surface area contributed by atoms with Gasteiger partial charge in [-0.25, -0.2) is 0 Å². The first-order valence-corrected chi connectivity index (χ1v) is 10.4. The first kappa shape index (κ1) is 24.1. The monoisotopic (exact) mass is 458 g/mol. The second kappa shape index (κ2) is 10.9. The van der Waals surface area contributed by atoms with Gasteiger partial charge in [0.2, 0.25) is 0 Å². The van der Waals surface area contributed by atoms with Gasteiger partial charge in [-0.15, -0.1) is 0 Å². The van der Waals surface area contributed by atoms with Gasteiger partial charge in [0, 0.05) is 29.2 Å². The topological polar surface area (TPSA) is 59.6 Å². The molecule has 0 aromatic heterocycles. The second-order valence-electron chi connectivity index (χ2n) is 7.26. The average molecular weight is 458 g/mol. The Bertz CT molecular complexity index is 1080. The van der Waals surface area contributed by atoms with Crippen molar-refractivity contribution in [2.75, 3.05) is 30.5 Å². The van der Waals surface area contributed by atoms with Crippen molar-refractivity contribution in [1.82, 2.24) is 0 Å². The molecular formula is C25H25F3N2O3. The molecule has 174 valence electrons. The minimum atomic E-state index is -4.42. The summed E-state index contributed by atoms with van der Waals surface area (Å²) in [5, 5.41) is 5.80. The van der Waals surface area contributed by atoms with E-state index in [0.29, 0.717) is 48.2 Å². The van der Waals surface area contributed by atoms with Gasteiger partial charge in [-0.2, -0.15) is 13.2 Å². The van der Waals surface area contributed by atoms with Crippen molar-refractivity contribution in [3.05, 3.63) is 83.4 Å². The van der Waals surface area contributed by atoms with Crippen LogP contribution in [0, 0.1) is 6.92 Å². The van der Waals surface area contributed by atoms with Crippen LogP contribution in [0.1, 0.15) is 28.4 Å². The highest BCUT2D eigenvalue weighted by Gasteiger charge is 2.30. The first-order valence-electron chi connectivity index (χ1n) is 10.4. The number of carbonyl (C=O) groups excluding carboxylic acids is 1. The molecule has 0 aliphatic heterocycles. The maximum Gasteiger partial charge on any atom is 0.416 e. The summed E-state index contributed by atoms with van der Waals surface area (Å²) in [6, 6.07) is 16.9. The minimum absolute atomic E-state index is 0.297. The van der Waals surface area contributed by atoms with E-state index in [9.17, 15) is 18.0 Å². The van der Waals surface area contributed by atoms with Crippen LogP contribution in [0.2, 0.25) is 0 Å². The summed E-state index contributed by atoms with van der Waals surface area (Å²) < 4.78 is 49.6. The molecule has 0 radical (unpaired) electrons. The second-order valence-corrected chi connectivity index (χ2v) is 7.26. The zero-order valence-electron chi connectivity index (χ0n) is 18.3. The zero-order valence-corrected chi connectivity index (χ0v) is 18.3. The lowest BCUT2D eigenvalue weighted by Crippen LogP contribution is -2.13. The number of anilines is 3. The SMILES string of the molecule is CCOCCOc1ccc(C(=O)Nc2cc(Nc3cccc(C(F)(F)F)c3)ccc2C)cc1. The summed E-state index contributed by atoms with van der Waals surface area (Å²) in [4.78, 5) is 12.7. The summed E-state index contributed by atoms with van der Waals surface area (Å²) in [6.45, 7) is 5.27. The van der Waals surface area contributed by atoms with Gasteiger partial charge in [0.25, 0.3) is 5.91 Å². The molecule has 3 aromatic rings. The molecule has 0 saturated carbocycles. The van der Waals surface area contributed by atoms with E-state index in [-0.39, 0.29) is 5.91 Å². The van der Waals surface area contributed by atoms with Crippen molar-refractivity contribution < 1.29 is 27.4 Å². The molecule has 0 saturated heterocycles. The van der Waals surface area contributed by atoms with Gasteiger partial charge in [-0.05, 0) is 74.0 Å². The Morgan fingerprint density at radius 3 is 2.36 bits per heavy atom. The summed E-state index contributed by atoms with van der Waals surface area (Å²) in [5.41, 5.74) is 1.92. The summed E-state index contributed by atoms with van der Waals surface area (Å²) in [7, 11) is 0. The molecule has 3 aromatic carbocycles. The van der Waals surface area contributed by atoms with E-state index in [0.717, 1.165) is 17.7 Å². The molecule has 0 spiro atoms. The van der Waals surface area contributed by atoms with Crippen LogP contribution < -0.4 is 15.4 Å². The van der Waals surface area contributed by atoms with Crippen molar-refractivity contribution in [2.45, 2.75) is 20.0 Å². The van der Waals surface area contributed by atoms with Crippen LogP contribution in [-0.2, 0) is 10.9 Å². The Hall–Kier alpha value is -3.52. The number of hydrogen-bond acceptors (Lipinski definition) is 4. The van der Waals surface area contributed by atoms with Gasteiger partial charge in [0.05, 0.1) is 12.2 Å². The Morgan fingerprint density at radius 2 is 1.67 bits per heavy atom. The largest absolute Gasteiger partial charge is 0.491 e. The number of rotatable bonds is 9. The lowest BCUT2D eigenvalue weighted by Gasteiger charge is -2.14. The van der Waals surface area contributed by atoms with Crippen LogP contribution in [0.5, 0.6) is 5.75 Å². The van der Waals surface area contributed by atoms with Gasteiger partial charge in [0.15, 0.2) is 0 Å². The van der Waals surface area contributed by atoms with E-state index in [1.165, 1.54) is 6.07 Å². The van der Waals surface area contributed by atoms with Crippen molar-refractivity contribution >= 4 is 23.0 Å². The zero-order chi connectivity index (χ0) is 23.8. The fraction of sp³-hybridized carbons (Fsp3) is 0.240. The number of alkyl halides is 3. The highest BCUT2D eigenvalue weighted by molar-refractivity contribution is 6.05. The lowest BCUT2D eigenvalue weighted by atomic mass is 10.1. The Labute approximate surface area is 190 Å². The molecule has 0 aliphatic rings. The molecule has 0 bridgehead atoms. The van der Waals surface area contributed by atoms with E-state index in [2.05, 4.69) is 10.6 Å². The number of benzene rings is 3. The normalized spacial score (nSPS) is 11.2. The van der Waals surface area contributed by atoms with Crippen LogP contribution in [0.3, 0.4) is 0 Å². The number of carbonyl (C=O) groups is 1. The number of hydrogen-bond donors (Lipinski definition) is 2. The number of nitrogens with one attached hydrogen (secondary N) is 2. The van der Waals surface area contributed by atoms with Crippen LogP contribution in [0.4, 0.5) is 30.2 Å². The van der Waals surface area contributed by atoms with Gasteiger partial charge >= 0.3 is 6.18 Å². The van der Waals surface area contributed by atoms with Crippen molar-refractivity contribution in [3.8, 4) is 5.75 Å². The third kappa shape index (κ3) is 6.98. The molecule has 2 N–H and O–H groups in total. The molecular weight excluding hydrogens is 433 g/mol. The van der Waals surface area contributed by atoms with Crippen molar-refractivity contribution in [1.29, 1.82) is 0 Å². The highest BCUT2D eigenvalue weighted by atomic mass is 19.4. The highest BCUT2D eigenvalue weighted by Crippen LogP contribution is 2.32. The Kier molecular flexibility index (Phi) is 7.95. The number of ether oxygens (including phenoxy) is 2. The number of amides is 1. The molecule has 0 fully saturated rings. The van der Waals surface area contributed by atoms with E-state index in [1.54, 1.807) is 48.5 Å². The summed E-state index contributed by atoms with van der Waals surface area (Å²) in [6.07, 6.45) is -4.42. The molecule has 0 heterocycles. The molecule has 0 atom stereocenters. The van der Waals surface area contributed by atoms with Crippen LogP contribution in [0.25, 0.3) is 0 Å².